The fourth-order valence-corrected chi connectivity index (χ4v) is 1.65. The fourth-order valence-electron chi connectivity index (χ4n) is 1.65. The van der Waals surface area contributed by atoms with Gasteiger partial charge >= 0.3 is 0 Å². The van der Waals surface area contributed by atoms with Gasteiger partial charge < -0.3 is 9.15 Å². The zero-order chi connectivity index (χ0) is 12.8. The molecule has 1 aromatic carbocycles. The van der Waals surface area contributed by atoms with Crippen LogP contribution in [0.25, 0.3) is 0 Å². The number of benzene rings is 1. The molecule has 0 atom stereocenters. The topological polar surface area (TPSA) is 39.4 Å². The standard InChI is InChI=1S/C15H14O3/c1-2-5-12-6-3-4-7-15(12)17-11-14-9-8-13(10-16)18-14/h2-4,6-10H,1,5,11H2. The van der Waals surface area contributed by atoms with Crippen LogP contribution in [0.5, 0.6) is 5.75 Å². The van der Waals surface area contributed by atoms with Crippen LogP contribution in [0, 0.1) is 0 Å². The summed E-state index contributed by atoms with van der Waals surface area (Å²) in [7, 11) is 0. The summed E-state index contributed by atoms with van der Waals surface area (Å²) in [5, 5.41) is 0. The number of aldehydes is 1. The highest BCUT2D eigenvalue weighted by Gasteiger charge is 2.04. The van der Waals surface area contributed by atoms with Crippen LogP contribution in [-0.4, -0.2) is 6.29 Å². The van der Waals surface area contributed by atoms with Crippen molar-refractivity contribution in [1.29, 1.82) is 0 Å². The van der Waals surface area contributed by atoms with Crippen LogP contribution in [0.15, 0.2) is 53.5 Å². The second-order valence-electron chi connectivity index (χ2n) is 3.81. The van der Waals surface area contributed by atoms with Gasteiger partial charge in [0.15, 0.2) is 12.0 Å². The van der Waals surface area contributed by atoms with Gasteiger partial charge in [0, 0.05) is 0 Å². The van der Waals surface area contributed by atoms with Crippen LogP contribution < -0.4 is 4.74 Å². The predicted molar refractivity (Wildman–Crippen MR) is 68.8 cm³/mol. The summed E-state index contributed by atoms with van der Waals surface area (Å²) in [4.78, 5) is 10.5. The normalized spacial score (nSPS) is 10.0. The number of furan rings is 1. The molecule has 18 heavy (non-hydrogen) atoms. The van der Waals surface area contributed by atoms with Crippen LogP contribution in [0.2, 0.25) is 0 Å². The number of hydrogen-bond donors (Lipinski definition) is 0. The highest BCUT2D eigenvalue weighted by molar-refractivity contribution is 5.70. The Kier molecular flexibility index (Phi) is 3.97. The van der Waals surface area contributed by atoms with Crippen molar-refractivity contribution in [3.8, 4) is 5.75 Å². The van der Waals surface area contributed by atoms with Gasteiger partial charge in [-0.05, 0) is 30.2 Å². The van der Waals surface area contributed by atoms with E-state index in [9.17, 15) is 4.79 Å². The first-order valence-electron chi connectivity index (χ1n) is 5.69. The first-order valence-corrected chi connectivity index (χ1v) is 5.69. The van der Waals surface area contributed by atoms with E-state index in [0.717, 1.165) is 17.7 Å². The van der Waals surface area contributed by atoms with Crippen molar-refractivity contribution in [2.45, 2.75) is 13.0 Å². The SMILES string of the molecule is C=CCc1ccccc1OCc1ccc(C=O)o1. The van der Waals surface area contributed by atoms with E-state index >= 15 is 0 Å². The molecule has 0 spiro atoms. The molecule has 2 aromatic rings. The van der Waals surface area contributed by atoms with Crippen molar-refractivity contribution in [3.05, 3.63) is 66.1 Å². The van der Waals surface area contributed by atoms with E-state index < -0.39 is 0 Å². The minimum Gasteiger partial charge on any atom is -0.485 e. The lowest BCUT2D eigenvalue weighted by Gasteiger charge is -2.08. The Bertz CT molecular complexity index is 540. The number of para-hydroxylation sites is 1. The van der Waals surface area contributed by atoms with Gasteiger partial charge in [0.05, 0.1) is 0 Å². The lowest BCUT2D eigenvalue weighted by molar-refractivity contribution is 0.109. The summed E-state index contributed by atoms with van der Waals surface area (Å²) in [5.74, 6) is 1.75. The van der Waals surface area contributed by atoms with Gasteiger partial charge in [-0.3, -0.25) is 4.79 Å². The number of carbonyl (C=O) groups is 1. The summed E-state index contributed by atoms with van der Waals surface area (Å²) >= 11 is 0. The summed E-state index contributed by atoms with van der Waals surface area (Å²) in [5.41, 5.74) is 1.08. The van der Waals surface area contributed by atoms with Crippen molar-refractivity contribution in [2.75, 3.05) is 0 Å². The maximum atomic E-state index is 10.5. The molecule has 0 aliphatic carbocycles. The summed E-state index contributed by atoms with van der Waals surface area (Å²) in [6.45, 7) is 4.02. The molecule has 0 saturated carbocycles. The number of allylic oxidation sites excluding steroid dienone is 1. The summed E-state index contributed by atoms with van der Waals surface area (Å²) < 4.78 is 10.9. The largest absolute Gasteiger partial charge is 0.485 e. The Labute approximate surface area is 106 Å². The predicted octanol–water partition coefficient (Wildman–Crippen LogP) is 3.40. The first kappa shape index (κ1) is 12.2. The lowest BCUT2D eigenvalue weighted by Crippen LogP contribution is -1.97. The van der Waals surface area contributed by atoms with E-state index in [2.05, 4.69) is 6.58 Å². The lowest BCUT2D eigenvalue weighted by atomic mass is 10.1. The molecule has 0 bridgehead atoms. The highest BCUT2D eigenvalue weighted by atomic mass is 16.5. The molecule has 1 heterocycles. The van der Waals surface area contributed by atoms with E-state index in [1.165, 1.54) is 0 Å². The van der Waals surface area contributed by atoms with Crippen molar-refractivity contribution >= 4 is 6.29 Å². The molecular formula is C15H14O3. The molecule has 3 heteroatoms. The Morgan fingerprint density at radius 1 is 1.22 bits per heavy atom. The van der Waals surface area contributed by atoms with Crippen LogP contribution in [0.1, 0.15) is 21.9 Å². The third-order valence-corrected chi connectivity index (χ3v) is 2.51. The summed E-state index contributed by atoms with van der Waals surface area (Å²) in [6, 6.07) is 11.1. The Hall–Kier alpha value is -2.29. The molecule has 0 saturated heterocycles. The molecule has 0 aliphatic heterocycles. The minimum atomic E-state index is 0.308. The van der Waals surface area contributed by atoms with Gasteiger partial charge in [0.2, 0.25) is 0 Å². The number of carbonyl (C=O) groups excluding carboxylic acids is 1. The maximum Gasteiger partial charge on any atom is 0.185 e. The number of rotatable bonds is 6. The molecule has 0 aliphatic rings. The molecule has 3 nitrogen and oxygen atoms in total. The van der Waals surface area contributed by atoms with Gasteiger partial charge in [-0.15, -0.1) is 6.58 Å². The molecule has 0 radical (unpaired) electrons. The third-order valence-electron chi connectivity index (χ3n) is 2.51. The Balaban J connectivity index is 2.05. The Morgan fingerprint density at radius 3 is 2.78 bits per heavy atom. The van der Waals surface area contributed by atoms with Gasteiger partial charge in [-0.1, -0.05) is 24.3 Å². The van der Waals surface area contributed by atoms with Crippen molar-refractivity contribution in [1.82, 2.24) is 0 Å². The molecule has 1 aromatic heterocycles. The van der Waals surface area contributed by atoms with Crippen molar-refractivity contribution < 1.29 is 13.9 Å². The fraction of sp³-hybridized carbons (Fsp3) is 0.133. The third kappa shape index (κ3) is 2.88. The van der Waals surface area contributed by atoms with Gasteiger partial charge in [0.25, 0.3) is 0 Å². The van der Waals surface area contributed by atoms with Crippen LogP contribution >= 0.6 is 0 Å². The molecule has 2 rings (SSSR count). The second-order valence-corrected chi connectivity index (χ2v) is 3.81. The van der Waals surface area contributed by atoms with Crippen LogP contribution in [-0.2, 0) is 13.0 Å². The van der Waals surface area contributed by atoms with E-state index in [4.69, 9.17) is 9.15 Å². The zero-order valence-corrected chi connectivity index (χ0v) is 9.96. The van der Waals surface area contributed by atoms with E-state index in [1.54, 1.807) is 12.1 Å². The average Bonchev–Trinajstić information content (AvgIpc) is 2.86. The Morgan fingerprint density at radius 2 is 2.06 bits per heavy atom. The molecule has 0 unspecified atom stereocenters. The van der Waals surface area contributed by atoms with Gasteiger partial charge in [-0.25, -0.2) is 0 Å². The molecule has 92 valence electrons. The van der Waals surface area contributed by atoms with E-state index in [0.29, 0.717) is 24.4 Å². The quantitative estimate of drug-likeness (QED) is 0.575. The first-order chi connectivity index (χ1) is 8.83. The summed E-state index contributed by atoms with van der Waals surface area (Å²) in [6.07, 6.45) is 3.27. The van der Waals surface area contributed by atoms with Gasteiger partial charge in [0.1, 0.15) is 18.1 Å². The molecule has 0 amide bonds. The van der Waals surface area contributed by atoms with Gasteiger partial charge in [-0.2, -0.15) is 0 Å². The molecule has 0 fully saturated rings. The molecular weight excluding hydrogens is 228 g/mol. The monoisotopic (exact) mass is 242 g/mol. The molecule has 0 N–H and O–H groups in total. The zero-order valence-electron chi connectivity index (χ0n) is 9.96. The van der Waals surface area contributed by atoms with E-state index in [-0.39, 0.29) is 0 Å². The van der Waals surface area contributed by atoms with Crippen LogP contribution in [0.4, 0.5) is 0 Å². The number of ether oxygens (including phenoxy) is 1. The smallest absolute Gasteiger partial charge is 0.185 e. The van der Waals surface area contributed by atoms with E-state index in [1.807, 2.05) is 30.3 Å². The second kappa shape index (κ2) is 5.87. The van der Waals surface area contributed by atoms with Crippen molar-refractivity contribution in [3.63, 3.8) is 0 Å². The highest BCUT2D eigenvalue weighted by Crippen LogP contribution is 2.20. The number of hydrogen-bond acceptors (Lipinski definition) is 3. The minimum absolute atomic E-state index is 0.308. The average molecular weight is 242 g/mol. The maximum absolute atomic E-state index is 10.5. The van der Waals surface area contributed by atoms with Crippen LogP contribution in [0.3, 0.4) is 0 Å². The van der Waals surface area contributed by atoms with Crippen molar-refractivity contribution in [2.24, 2.45) is 0 Å².